The van der Waals surface area contributed by atoms with Crippen LogP contribution in [0, 0.1) is 6.92 Å². The number of benzene rings is 1. The SMILES string of the molecule is Cc1[nH]c(-c2ccc(CN)cc2)nc1-c1cccs1. The lowest BCUT2D eigenvalue weighted by atomic mass is 10.1. The summed E-state index contributed by atoms with van der Waals surface area (Å²) in [7, 11) is 0. The molecule has 0 aliphatic carbocycles. The standard InChI is InChI=1S/C15H15N3S/c1-10-14(13-3-2-8-19-13)18-15(17-10)12-6-4-11(9-16)5-7-12/h2-8H,9,16H2,1H3,(H,17,18). The van der Waals surface area contributed by atoms with Gasteiger partial charge in [0.15, 0.2) is 0 Å². The summed E-state index contributed by atoms with van der Waals surface area (Å²) >= 11 is 1.71. The number of aromatic nitrogens is 2. The number of rotatable bonds is 3. The quantitative estimate of drug-likeness (QED) is 0.763. The third kappa shape index (κ3) is 2.32. The highest BCUT2D eigenvalue weighted by atomic mass is 32.1. The Bertz CT molecular complexity index is 666. The van der Waals surface area contributed by atoms with Crippen LogP contribution in [-0.4, -0.2) is 9.97 Å². The summed E-state index contributed by atoms with van der Waals surface area (Å²) in [4.78, 5) is 9.25. The zero-order valence-electron chi connectivity index (χ0n) is 10.7. The van der Waals surface area contributed by atoms with Crippen molar-refractivity contribution in [3.8, 4) is 22.0 Å². The predicted octanol–water partition coefficient (Wildman–Crippen LogP) is 3.57. The molecule has 0 saturated carbocycles. The molecule has 3 rings (SSSR count). The number of hydrogen-bond donors (Lipinski definition) is 2. The first-order valence-electron chi connectivity index (χ1n) is 6.18. The Morgan fingerprint density at radius 3 is 2.63 bits per heavy atom. The molecule has 0 amide bonds. The van der Waals surface area contributed by atoms with E-state index in [1.54, 1.807) is 11.3 Å². The van der Waals surface area contributed by atoms with E-state index in [-0.39, 0.29) is 0 Å². The lowest BCUT2D eigenvalue weighted by Crippen LogP contribution is -1.95. The Hall–Kier alpha value is -1.91. The molecule has 0 fully saturated rings. The molecule has 0 aliphatic heterocycles. The molecule has 0 unspecified atom stereocenters. The van der Waals surface area contributed by atoms with Crippen LogP contribution < -0.4 is 5.73 Å². The molecule has 4 heteroatoms. The minimum atomic E-state index is 0.567. The van der Waals surface area contributed by atoms with E-state index >= 15 is 0 Å². The van der Waals surface area contributed by atoms with Crippen LogP contribution in [0.1, 0.15) is 11.3 Å². The van der Waals surface area contributed by atoms with Crippen molar-refractivity contribution in [2.24, 2.45) is 5.73 Å². The van der Waals surface area contributed by atoms with Crippen LogP contribution in [0.15, 0.2) is 41.8 Å². The second kappa shape index (κ2) is 4.99. The van der Waals surface area contributed by atoms with Crippen LogP contribution in [0.25, 0.3) is 22.0 Å². The predicted molar refractivity (Wildman–Crippen MR) is 80.0 cm³/mol. The van der Waals surface area contributed by atoms with Crippen molar-refractivity contribution in [1.82, 2.24) is 9.97 Å². The van der Waals surface area contributed by atoms with E-state index in [1.165, 1.54) is 4.88 Å². The average Bonchev–Trinajstić information content (AvgIpc) is 3.08. The summed E-state index contributed by atoms with van der Waals surface area (Å²) in [5.74, 6) is 0.907. The van der Waals surface area contributed by atoms with Gasteiger partial charge in [0, 0.05) is 17.8 Å². The van der Waals surface area contributed by atoms with Gasteiger partial charge in [-0.3, -0.25) is 0 Å². The van der Waals surface area contributed by atoms with Crippen LogP contribution >= 0.6 is 11.3 Å². The molecule has 3 aromatic rings. The zero-order chi connectivity index (χ0) is 13.2. The summed E-state index contributed by atoms with van der Waals surface area (Å²) in [6, 6.07) is 12.3. The average molecular weight is 269 g/mol. The van der Waals surface area contributed by atoms with Gasteiger partial charge in [0.25, 0.3) is 0 Å². The van der Waals surface area contributed by atoms with E-state index in [0.717, 1.165) is 28.3 Å². The molecule has 3 nitrogen and oxygen atoms in total. The largest absolute Gasteiger partial charge is 0.342 e. The third-order valence-corrected chi connectivity index (χ3v) is 3.98. The number of nitrogens with one attached hydrogen (secondary N) is 1. The Kier molecular flexibility index (Phi) is 3.19. The van der Waals surface area contributed by atoms with E-state index in [0.29, 0.717) is 6.54 Å². The highest BCUT2D eigenvalue weighted by Gasteiger charge is 2.10. The highest BCUT2D eigenvalue weighted by molar-refractivity contribution is 7.13. The highest BCUT2D eigenvalue weighted by Crippen LogP contribution is 2.28. The van der Waals surface area contributed by atoms with Gasteiger partial charge in [-0.1, -0.05) is 30.3 Å². The number of hydrogen-bond acceptors (Lipinski definition) is 3. The van der Waals surface area contributed by atoms with Gasteiger partial charge in [0.2, 0.25) is 0 Å². The molecule has 96 valence electrons. The third-order valence-electron chi connectivity index (χ3n) is 3.10. The molecule has 0 atom stereocenters. The normalized spacial score (nSPS) is 10.8. The van der Waals surface area contributed by atoms with Crippen LogP contribution in [0.5, 0.6) is 0 Å². The van der Waals surface area contributed by atoms with E-state index in [1.807, 2.05) is 18.2 Å². The van der Waals surface area contributed by atoms with E-state index in [9.17, 15) is 0 Å². The van der Waals surface area contributed by atoms with Gasteiger partial charge in [-0.2, -0.15) is 0 Å². The molecular weight excluding hydrogens is 254 g/mol. The maximum absolute atomic E-state index is 5.61. The van der Waals surface area contributed by atoms with Crippen LogP contribution in [-0.2, 0) is 6.54 Å². The van der Waals surface area contributed by atoms with Crippen LogP contribution in [0.3, 0.4) is 0 Å². The van der Waals surface area contributed by atoms with Crippen molar-refractivity contribution in [1.29, 1.82) is 0 Å². The minimum Gasteiger partial charge on any atom is -0.342 e. The molecule has 2 heterocycles. The lowest BCUT2D eigenvalue weighted by Gasteiger charge is -1.99. The van der Waals surface area contributed by atoms with Gasteiger partial charge in [-0.05, 0) is 23.9 Å². The van der Waals surface area contributed by atoms with Crippen molar-refractivity contribution < 1.29 is 0 Å². The number of H-pyrrole nitrogens is 1. The molecule has 1 aromatic carbocycles. The fourth-order valence-electron chi connectivity index (χ4n) is 2.05. The molecule has 0 radical (unpaired) electrons. The van der Waals surface area contributed by atoms with E-state index in [4.69, 9.17) is 10.7 Å². The molecule has 0 spiro atoms. The summed E-state index contributed by atoms with van der Waals surface area (Å²) in [5.41, 5.74) is 9.96. The monoisotopic (exact) mass is 269 g/mol. The summed E-state index contributed by atoms with van der Waals surface area (Å²) in [6.45, 7) is 2.62. The molecule has 19 heavy (non-hydrogen) atoms. The number of aryl methyl sites for hydroxylation is 1. The lowest BCUT2D eigenvalue weighted by molar-refractivity contribution is 1.07. The summed E-state index contributed by atoms with van der Waals surface area (Å²) < 4.78 is 0. The smallest absolute Gasteiger partial charge is 0.138 e. The maximum atomic E-state index is 5.61. The Morgan fingerprint density at radius 2 is 2.00 bits per heavy atom. The van der Waals surface area contributed by atoms with E-state index < -0.39 is 0 Å². The first-order valence-corrected chi connectivity index (χ1v) is 7.06. The van der Waals surface area contributed by atoms with Gasteiger partial charge < -0.3 is 10.7 Å². The summed E-state index contributed by atoms with van der Waals surface area (Å²) in [5, 5.41) is 2.07. The maximum Gasteiger partial charge on any atom is 0.138 e. The van der Waals surface area contributed by atoms with Crippen molar-refractivity contribution in [3.05, 3.63) is 53.0 Å². The number of thiophene rings is 1. The second-order valence-electron chi connectivity index (χ2n) is 4.44. The Balaban J connectivity index is 1.99. The molecule has 2 aromatic heterocycles. The second-order valence-corrected chi connectivity index (χ2v) is 5.39. The van der Waals surface area contributed by atoms with Gasteiger partial charge >= 0.3 is 0 Å². The van der Waals surface area contributed by atoms with Gasteiger partial charge in [0.05, 0.1) is 4.88 Å². The molecular formula is C15H15N3S. The number of nitrogens with zero attached hydrogens (tertiary/aromatic N) is 1. The van der Waals surface area contributed by atoms with Crippen molar-refractivity contribution >= 4 is 11.3 Å². The topological polar surface area (TPSA) is 54.7 Å². The van der Waals surface area contributed by atoms with Crippen molar-refractivity contribution in [2.45, 2.75) is 13.5 Å². The van der Waals surface area contributed by atoms with Gasteiger partial charge in [0.1, 0.15) is 11.5 Å². The van der Waals surface area contributed by atoms with Gasteiger partial charge in [-0.25, -0.2) is 4.98 Å². The molecule has 0 saturated heterocycles. The number of aromatic amines is 1. The number of nitrogens with two attached hydrogens (primary N) is 1. The molecule has 0 bridgehead atoms. The van der Waals surface area contributed by atoms with Crippen molar-refractivity contribution in [3.63, 3.8) is 0 Å². The van der Waals surface area contributed by atoms with Crippen LogP contribution in [0.2, 0.25) is 0 Å². The molecule has 3 N–H and O–H groups in total. The molecule has 0 aliphatic rings. The first-order chi connectivity index (χ1) is 9.28. The summed E-state index contributed by atoms with van der Waals surface area (Å²) in [6.07, 6.45) is 0. The van der Waals surface area contributed by atoms with Gasteiger partial charge in [-0.15, -0.1) is 11.3 Å². The van der Waals surface area contributed by atoms with E-state index in [2.05, 4.69) is 35.5 Å². The Morgan fingerprint density at radius 1 is 1.21 bits per heavy atom. The minimum absolute atomic E-state index is 0.567. The van der Waals surface area contributed by atoms with Crippen molar-refractivity contribution in [2.75, 3.05) is 0 Å². The van der Waals surface area contributed by atoms with Crippen LogP contribution in [0.4, 0.5) is 0 Å². The zero-order valence-corrected chi connectivity index (χ0v) is 11.5. The Labute approximate surface area is 116 Å². The fourth-order valence-corrected chi connectivity index (χ4v) is 2.82. The first kappa shape index (κ1) is 12.1. The number of imidazole rings is 1. The fraction of sp³-hybridized carbons (Fsp3) is 0.133.